The number of thioether (sulfide) groups is 1. The number of nitrogens with one attached hydrogen (secondary N) is 2. The lowest BCUT2D eigenvalue weighted by Crippen LogP contribution is -2.42. The normalized spacial score (nSPS) is 18.8. The second-order valence-corrected chi connectivity index (χ2v) is 5.42. The van der Waals surface area contributed by atoms with Crippen LogP contribution in [0.5, 0.6) is 0 Å². The van der Waals surface area contributed by atoms with Crippen LogP contribution in [0.25, 0.3) is 11.1 Å². The van der Waals surface area contributed by atoms with Gasteiger partial charge in [0.2, 0.25) is 5.91 Å². The zero-order chi connectivity index (χ0) is 13.1. The lowest BCUT2D eigenvalue weighted by atomic mass is 10.3. The van der Waals surface area contributed by atoms with Gasteiger partial charge in [0.05, 0.1) is 6.04 Å². The second-order valence-electron chi connectivity index (χ2n) is 4.39. The molecule has 0 spiro atoms. The van der Waals surface area contributed by atoms with Crippen LogP contribution in [0, 0.1) is 0 Å². The molecule has 5 nitrogen and oxygen atoms in total. The van der Waals surface area contributed by atoms with Gasteiger partial charge in [-0.05, 0) is 12.1 Å². The molecule has 1 aliphatic heterocycles. The first-order chi connectivity index (χ1) is 9.33. The zero-order valence-corrected chi connectivity index (χ0v) is 11.2. The molecule has 3 rings (SSSR count). The van der Waals surface area contributed by atoms with Gasteiger partial charge in [-0.15, -0.1) is 11.8 Å². The summed E-state index contributed by atoms with van der Waals surface area (Å²) >= 11 is 1.74. The molecule has 2 heterocycles. The fourth-order valence-corrected chi connectivity index (χ4v) is 2.95. The van der Waals surface area contributed by atoms with Gasteiger partial charge in [0, 0.05) is 24.6 Å². The van der Waals surface area contributed by atoms with Gasteiger partial charge < -0.3 is 9.73 Å². The molecule has 1 amide bonds. The standard InChI is InChI=1S/C13H15N3O2S/c17-13(10-7-19-8-15-10)14-6-5-12-16-9-3-1-2-4-11(9)18-12/h1-4,10,15H,5-8H2,(H,14,17). The molecule has 1 saturated heterocycles. The summed E-state index contributed by atoms with van der Waals surface area (Å²) in [7, 11) is 0. The minimum absolute atomic E-state index is 0.0566. The van der Waals surface area contributed by atoms with Crippen LogP contribution < -0.4 is 10.6 Å². The van der Waals surface area contributed by atoms with E-state index < -0.39 is 0 Å². The average molecular weight is 277 g/mol. The molecule has 1 aromatic heterocycles. The monoisotopic (exact) mass is 277 g/mol. The van der Waals surface area contributed by atoms with Gasteiger partial charge in [0.15, 0.2) is 11.5 Å². The fraction of sp³-hybridized carbons (Fsp3) is 0.385. The molecule has 1 aromatic carbocycles. The van der Waals surface area contributed by atoms with Crippen molar-refractivity contribution in [2.45, 2.75) is 12.5 Å². The summed E-state index contributed by atoms with van der Waals surface area (Å²) in [5.74, 6) is 2.41. The van der Waals surface area contributed by atoms with E-state index in [-0.39, 0.29) is 11.9 Å². The third-order valence-electron chi connectivity index (χ3n) is 3.01. The van der Waals surface area contributed by atoms with Crippen LogP contribution in [-0.2, 0) is 11.2 Å². The minimum atomic E-state index is -0.0615. The van der Waals surface area contributed by atoms with Crippen molar-refractivity contribution in [3.05, 3.63) is 30.2 Å². The van der Waals surface area contributed by atoms with Crippen molar-refractivity contribution in [1.29, 1.82) is 0 Å². The first-order valence-electron chi connectivity index (χ1n) is 6.26. The summed E-state index contributed by atoms with van der Waals surface area (Å²) in [4.78, 5) is 16.1. The van der Waals surface area contributed by atoms with Crippen LogP contribution in [0.1, 0.15) is 5.89 Å². The summed E-state index contributed by atoms with van der Waals surface area (Å²) in [6, 6.07) is 7.60. The van der Waals surface area contributed by atoms with Crippen LogP contribution in [0.4, 0.5) is 0 Å². The highest BCUT2D eigenvalue weighted by molar-refractivity contribution is 7.99. The fourth-order valence-electron chi connectivity index (χ4n) is 2.01. The number of carbonyl (C=O) groups is 1. The van der Waals surface area contributed by atoms with E-state index >= 15 is 0 Å². The van der Waals surface area contributed by atoms with Crippen molar-refractivity contribution < 1.29 is 9.21 Å². The van der Waals surface area contributed by atoms with E-state index in [0.29, 0.717) is 18.9 Å². The van der Waals surface area contributed by atoms with Gasteiger partial charge in [0.25, 0.3) is 0 Å². The van der Waals surface area contributed by atoms with Gasteiger partial charge >= 0.3 is 0 Å². The van der Waals surface area contributed by atoms with E-state index in [2.05, 4.69) is 15.6 Å². The number of aromatic nitrogens is 1. The number of amides is 1. The van der Waals surface area contributed by atoms with E-state index in [1.807, 2.05) is 24.3 Å². The smallest absolute Gasteiger partial charge is 0.238 e. The quantitative estimate of drug-likeness (QED) is 0.877. The molecular formula is C13H15N3O2S. The molecule has 6 heteroatoms. The predicted octanol–water partition coefficient (Wildman–Crippen LogP) is 1.15. The highest BCUT2D eigenvalue weighted by atomic mass is 32.2. The number of oxazole rings is 1. The Bertz CT molecular complexity index is 545. The Hall–Kier alpha value is -1.53. The summed E-state index contributed by atoms with van der Waals surface area (Å²) in [5, 5.41) is 6.04. The second kappa shape index (κ2) is 5.63. The zero-order valence-electron chi connectivity index (χ0n) is 10.4. The van der Waals surface area contributed by atoms with Crippen molar-refractivity contribution in [3.8, 4) is 0 Å². The number of hydrogen-bond donors (Lipinski definition) is 2. The Morgan fingerprint density at radius 3 is 3.21 bits per heavy atom. The predicted molar refractivity (Wildman–Crippen MR) is 75.0 cm³/mol. The number of nitrogens with zero attached hydrogens (tertiary/aromatic N) is 1. The lowest BCUT2D eigenvalue weighted by molar-refractivity contribution is -0.122. The van der Waals surface area contributed by atoms with Gasteiger partial charge in [-0.3, -0.25) is 10.1 Å². The highest BCUT2D eigenvalue weighted by Crippen LogP contribution is 2.14. The van der Waals surface area contributed by atoms with E-state index in [0.717, 1.165) is 22.7 Å². The maximum atomic E-state index is 11.8. The molecule has 2 N–H and O–H groups in total. The molecule has 100 valence electrons. The third-order valence-corrected chi connectivity index (χ3v) is 3.95. The Balaban J connectivity index is 1.53. The first kappa shape index (κ1) is 12.5. The summed E-state index contributed by atoms with van der Waals surface area (Å²) < 4.78 is 5.59. The molecular weight excluding hydrogens is 262 g/mol. The number of rotatable bonds is 4. The van der Waals surface area contributed by atoms with Crippen LogP contribution in [0.15, 0.2) is 28.7 Å². The highest BCUT2D eigenvalue weighted by Gasteiger charge is 2.21. The molecule has 0 aliphatic carbocycles. The van der Waals surface area contributed by atoms with Crippen LogP contribution in [0.2, 0.25) is 0 Å². The first-order valence-corrected chi connectivity index (χ1v) is 7.42. The molecule has 19 heavy (non-hydrogen) atoms. The van der Waals surface area contributed by atoms with E-state index in [1.165, 1.54) is 0 Å². The Morgan fingerprint density at radius 1 is 1.53 bits per heavy atom. The SMILES string of the molecule is O=C(NCCc1nc2ccccc2o1)C1CSCN1. The Labute approximate surface area is 115 Å². The molecule has 0 bridgehead atoms. The van der Waals surface area contributed by atoms with Gasteiger partial charge in [0.1, 0.15) is 5.52 Å². The molecule has 1 fully saturated rings. The topological polar surface area (TPSA) is 67.2 Å². The van der Waals surface area contributed by atoms with Crippen molar-refractivity contribution in [2.24, 2.45) is 0 Å². The molecule has 1 aliphatic rings. The maximum Gasteiger partial charge on any atom is 0.238 e. The van der Waals surface area contributed by atoms with Crippen LogP contribution >= 0.6 is 11.8 Å². The van der Waals surface area contributed by atoms with Crippen molar-refractivity contribution in [2.75, 3.05) is 18.2 Å². The van der Waals surface area contributed by atoms with Crippen molar-refractivity contribution in [3.63, 3.8) is 0 Å². The van der Waals surface area contributed by atoms with Gasteiger partial charge in [-0.1, -0.05) is 12.1 Å². The minimum Gasteiger partial charge on any atom is -0.441 e. The van der Waals surface area contributed by atoms with Crippen molar-refractivity contribution >= 4 is 28.8 Å². The van der Waals surface area contributed by atoms with E-state index in [4.69, 9.17) is 4.42 Å². The van der Waals surface area contributed by atoms with E-state index in [9.17, 15) is 4.79 Å². The van der Waals surface area contributed by atoms with Crippen molar-refractivity contribution in [1.82, 2.24) is 15.6 Å². The van der Waals surface area contributed by atoms with Crippen LogP contribution in [0.3, 0.4) is 0 Å². The summed E-state index contributed by atoms with van der Waals surface area (Å²) in [5.41, 5.74) is 1.65. The number of para-hydroxylation sites is 2. The Kier molecular flexibility index (Phi) is 3.70. The maximum absolute atomic E-state index is 11.8. The number of benzene rings is 1. The largest absolute Gasteiger partial charge is 0.441 e. The number of carbonyl (C=O) groups excluding carboxylic acids is 1. The molecule has 0 radical (unpaired) electrons. The summed E-state index contributed by atoms with van der Waals surface area (Å²) in [6.45, 7) is 0.550. The lowest BCUT2D eigenvalue weighted by Gasteiger charge is -2.09. The van der Waals surface area contributed by atoms with Gasteiger partial charge in [-0.25, -0.2) is 4.98 Å². The summed E-state index contributed by atoms with van der Waals surface area (Å²) in [6.07, 6.45) is 0.611. The number of fused-ring (bicyclic) bond motifs is 1. The molecule has 2 aromatic rings. The Morgan fingerprint density at radius 2 is 2.42 bits per heavy atom. The van der Waals surface area contributed by atoms with Crippen LogP contribution in [-0.4, -0.2) is 35.1 Å². The van der Waals surface area contributed by atoms with Gasteiger partial charge in [-0.2, -0.15) is 0 Å². The molecule has 0 saturated carbocycles. The average Bonchev–Trinajstić information content (AvgIpc) is 3.07. The van der Waals surface area contributed by atoms with E-state index in [1.54, 1.807) is 11.8 Å². The third kappa shape index (κ3) is 2.90. The number of hydrogen-bond acceptors (Lipinski definition) is 5. The molecule has 1 atom stereocenters. The molecule has 1 unspecified atom stereocenters.